The number of anilines is 1. The number of amides is 1. The van der Waals surface area contributed by atoms with Crippen LogP contribution in [0.2, 0.25) is 0 Å². The molecular weight excluding hydrogens is 426 g/mol. The van der Waals surface area contributed by atoms with Gasteiger partial charge in [0.2, 0.25) is 0 Å². The standard InChI is InChI=1S/C25H29N3O3.ClH/c1-17-14-24(28-23-9-4-3-8-22(17)23)26-18-10-12-19(13-11-18)27-25(29)16-31-21-7-5-6-20(15-21)30-2;/h3-9,14-15,18-19H,10-13,16H2,1-2H3,(H,26,28)(H,27,29);1H/t18-,19+;. The molecular formula is C25H30ClN3O3. The number of aromatic nitrogens is 1. The van der Waals surface area contributed by atoms with E-state index in [1.807, 2.05) is 36.4 Å². The Morgan fingerprint density at radius 3 is 2.50 bits per heavy atom. The van der Waals surface area contributed by atoms with Crippen molar-refractivity contribution in [2.45, 2.75) is 44.7 Å². The Bertz CT molecular complexity index is 1050. The van der Waals surface area contributed by atoms with E-state index in [2.05, 4.69) is 29.7 Å². The molecule has 170 valence electrons. The van der Waals surface area contributed by atoms with Crippen molar-refractivity contribution >= 4 is 35.0 Å². The SMILES string of the molecule is COc1cccc(OCC(=O)N[C@H]2CC[C@@H](Nc3cc(C)c4ccccc4n3)CC2)c1.Cl. The molecule has 6 nitrogen and oxygen atoms in total. The molecule has 32 heavy (non-hydrogen) atoms. The Hall–Kier alpha value is -2.99. The van der Waals surface area contributed by atoms with E-state index in [1.54, 1.807) is 13.2 Å². The smallest absolute Gasteiger partial charge is 0.258 e. The number of hydrogen-bond acceptors (Lipinski definition) is 5. The van der Waals surface area contributed by atoms with Crippen molar-refractivity contribution in [1.82, 2.24) is 10.3 Å². The van der Waals surface area contributed by atoms with Gasteiger partial charge >= 0.3 is 0 Å². The van der Waals surface area contributed by atoms with Gasteiger partial charge in [-0.1, -0.05) is 24.3 Å². The first-order valence-electron chi connectivity index (χ1n) is 10.8. The fourth-order valence-electron chi connectivity index (χ4n) is 4.12. The molecule has 0 bridgehead atoms. The fourth-order valence-corrected chi connectivity index (χ4v) is 4.12. The quantitative estimate of drug-likeness (QED) is 0.530. The number of carbonyl (C=O) groups is 1. The minimum Gasteiger partial charge on any atom is -0.497 e. The molecule has 1 amide bonds. The maximum Gasteiger partial charge on any atom is 0.258 e. The molecule has 1 saturated carbocycles. The lowest BCUT2D eigenvalue weighted by atomic mass is 9.91. The second kappa shape index (κ2) is 11.0. The first-order chi connectivity index (χ1) is 15.1. The van der Waals surface area contributed by atoms with Crippen LogP contribution in [0, 0.1) is 6.92 Å². The molecule has 1 aromatic heterocycles. The Kier molecular flexibility index (Phi) is 8.17. The van der Waals surface area contributed by atoms with Crippen molar-refractivity contribution in [3.8, 4) is 11.5 Å². The van der Waals surface area contributed by atoms with Gasteiger partial charge in [0.25, 0.3) is 5.91 Å². The second-order valence-electron chi connectivity index (χ2n) is 8.07. The fraction of sp³-hybridized carbons (Fsp3) is 0.360. The van der Waals surface area contributed by atoms with Gasteiger partial charge in [-0.25, -0.2) is 4.98 Å². The molecule has 0 radical (unpaired) electrons. The van der Waals surface area contributed by atoms with Gasteiger partial charge in [0, 0.05) is 23.5 Å². The largest absolute Gasteiger partial charge is 0.497 e. The van der Waals surface area contributed by atoms with Crippen molar-refractivity contribution < 1.29 is 14.3 Å². The van der Waals surface area contributed by atoms with Crippen LogP contribution in [-0.4, -0.2) is 36.7 Å². The molecule has 1 aliphatic rings. The highest BCUT2D eigenvalue weighted by atomic mass is 35.5. The number of hydrogen-bond donors (Lipinski definition) is 2. The lowest BCUT2D eigenvalue weighted by molar-refractivity contribution is -0.124. The molecule has 2 N–H and O–H groups in total. The second-order valence-corrected chi connectivity index (χ2v) is 8.07. The summed E-state index contributed by atoms with van der Waals surface area (Å²) in [6.45, 7) is 2.13. The van der Waals surface area contributed by atoms with Crippen LogP contribution in [0.3, 0.4) is 0 Å². The zero-order valence-corrected chi connectivity index (χ0v) is 19.3. The summed E-state index contributed by atoms with van der Waals surface area (Å²) in [7, 11) is 1.61. The van der Waals surface area contributed by atoms with E-state index in [9.17, 15) is 4.79 Å². The van der Waals surface area contributed by atoms with Gasteiger partial charge in [-0.15, -0.1) is 12.4 Å². The lowest BCUT2D eigenvalue weighted by Crippen LogP contribution is -2.42. The monoisotopic (exact) mass is 455 g/mol. The van der Waals surface area contributed by atoms with Gasteiger partial charge in [0.1, 0.15) is 17.3 Å². The molecule has 0 saturated heterocycles. The molecule has 0 aliphatic heterocycles. The zero-order chi connectivity index (χ0) is 21.6. The highest BCUT2D eigenvalue weighted by molar-refractivity contribution is 5.85. The van der Waals surface area contributed by atoms with Crippen LogP contribution in [-0.2, 0) is 4.79 Å². The maximum atomic E-state index is 12.3. The Labute approximate surface area is 195 Å². The molecule has 4 rings (SSSR count). The molecule has 1 heterocycles. The average molecular weight is 456 g/mol. The van der Waals surface area contributed by atoms with Gasteiger partial charge < -0.3 is 20.1 Å². The van der Waals surface area contributed by atoms with Crippen molar-refractivity contribution in [2.75, 3.05) is 19.0 Å². The average Bonchev–Trinajstić information content (AvgIpc) is 2.79. The van der Waals surface area contributed by atoms with Crippen molar-refractivity contribution in [3.63, 3.8) is 0 Å². The summed E-state index contributed by atoms with van der Waals surface area (Å²) in [5.41, 5.74) is 2.24. The maximum absolute atomic E-state index is 12.3. The summed E-state index contributed by atoms with van der Waals surface area (Å²) in [6, 6.07) is 18.2. The van der Waals surface area contributed by atoms with Crippen LogP contribution in [0.1, 0.15) is 31.2 Å². The number of para-hydroxylation sites is 1. The molecule has 0 spiro atoms. The first kappa shape index (κ1) is 23.7. The number of methoxy groups -OCH3 is 1. The van der Waals surface area contributed by atoms with Crippen LogP contribution in [0.15, 0.2) is 54.6 Å². The van der Waals surface area contributed by atoms with E-state index >= 15 is 0 Å². The molecule has 0 atom stereocenters. The summed E-state index contributed by atoms with van der Waals surface area (Å²) in [6.07, 6.45) is 3.87. The molecule has 1 aliphatic carbocycles. The number of halogens is 1. The molecule has 1 fully saturated rings. The summed E-state index contributed by atoms with van der Waals surface area (Å²) < 4.78 is 10.8. The number of aryl methyl sites for hydroxylation is 1. The van der Waals surface area contributed by atoms with E-state index < -0.39 is 0 Å². The molecule has 0 unspecified atom stereocenters. The summed E-state index contributed by atoms with van der Waals surface area (Å²) >= 11 is 0. The minimum atomic E-state index is -0.0916. The number of pyridine rings is 1. The molecule has 2 aromatic carbocycles. The van der Waals surface area contributed by atoms with Crippen LogP contribution in [0.25, 0.3) is 10.9 Å². The Balaban J connectivity index is 0.00000289. The normalized spacial score (nSPS) is 17.8. The van der Waals surface area contributed by atoms with E-state index in [4.69, 9.17) is 14.5 Å². The predicted molar refractivity (Wildman–Crippen MR) is 130 cm³/mol. The van der Waals surface area contributed by atoms with Crippen LogP contribution >= 0.6 is 12.4 Å². The summed E-state index contributed by atoms with van der Waals surface area (Å²) in [5, 5.41) is 7.87. The van der Waals surface area contributed by atoms with Crippen molar-refractivity contribution in [1.29, 1.82) is 0 Å². The summed E-state index contributed by atoms with van der Waals surface area (Å²) in [5.74, 6) is 2.17. The highest BCUT2D eigenvalue weighted by Crippen LogP contribution is 2.25. The van der Waals surface area contributed by atoms with E-state index in [1.165, 1.54) is 10.9 Å². The Morgan fingerprint density at radius 1 is 1.00 bits per heavy atom. The third kappa shape index (κ3) is 6.04. The summed E-state index contributed by atoms with van der Waals surface area (Å²) in [4.78, 5) is 17.0. The lowest BCUT2D eigenvalue weighted by Gasteiger charge is -2.30. The van der Waals surface area contributed by atoms with Gasteiger partial charge in [-0.05, 0) is 62.4 Å². The van der Waals surface area contributed by atoms with E-state index in [0.29, 0.717) is 17.5 Å². The molecule has 7 heteroatoms. The van der Waals surface area contributed by atoms with Crippen molar-refractivity contribution in [2.24, 2.45) is 0 Å². The van der Waals surface area contributed by atoms with Crippen molar-refractivity contribution in [3.05, 3.63) is 60.2 Å². The van der Waals surface area contributed by atoms with Gasteiger partial charge in [-0.2, -0.15) is 0 Å². The van der Waals surface area contributed by atoms with Crippen LogP contribution in [0.5, 0.6) is 11.5 Å². The minimum absolute atomic E-state index is 0. The highest BCUT2D eigenvalue weighted by Gasteiger charge is 2.23. The van der Waals surface area contributed by atoms with Gasteiger partial charge in [0.05, 0.1) is 12.6 Å². The van der Waals surface area contributed by atoms with Crippen LogP contribution < -0.4 is 20.1 Å². The topological polar surface area (TPSA) is 72.5 Å². The number of fused-ring (bicyclic) bond motifs is 1. The van der Waals surface area contributed by atoms with Gasteiger partial charge in [-0.3, -0.25) is 4.79 Å². The van der Waals surface area contributed by atoms with E-state index in [0.717, 1.165) is 37.0 Å². The van der Waals surface area contributed by atoms with Crippen LogP contribution in [0.4, 0.5) is 5.82 Å². The number of carbonyl (C=O) groups excluding carboxylic acids is 1. The number of nitrogens with zero attached hydrogens (tertiary/aromatic N) is 1. The third-order valence-electron chi connectivity index (χ3n) is 5.78. The first-order valence-corrected chi connectivity index (χ1v) is 10.8. The van der Waals surface area contributed by atoms with E-state index in [-0.39, 0.29) is 31.0 Å². The predicted octanol–water partition coefficient (Wildman–Crippen LogP) is 4.89. The Morgan fingerprint density at radius 2 is 1.72 bits per heavy atom. The number of benzene rings is 2. The third-order valence-corrected chi connectivity index (χ3v) is 5.78. The molecule has 3 aromatic rings. The van der Waals surface area contributed by atoms with Gasteiger partial charge in [0.15, 0.2) is 6.61 Å². The zero-order valence-electron chi connectivity index (χ0n) is 18.5. The number of rotatable bonds is 7. The number of ether oxygens (including phenoxy) is 2. The number of nitrogens with one attached hydrogen (secondary N) is 2.